The summed E-state index contributed by atoms with van der Waals surface area (Å²) in [5.74, 6) is -0.918. The molecular formula is C29H25N2O6S6-. The number of thiophene rings is 2. The van der Waals surface area contributed by atoms with E-state index in [-0.39, 0.29) is 12.8 Å². The van der Waals surface area contributed by atoms with E-state index in [0.29, 0.717) is 13.1 Å². The summed E-state index contributed by atoms with van der Waals surface area (Å²) in [7, 11) is -8.72. The van der Waals surface area contributed by atoms with Crippen LogP contribution in [0.4, 0.5) is 5.69 Å². The highest BCUT2D eigenvalue weighted by Gasteiger charge is 2.29. The van der Waals surface area contributed by atoms with Crippen molar-refractivity contribution in [3.8, 4) is 20.9 Å². The van der Waals surface area contributed by atoms with E-state index in [4.69, 9.17) is 0 Å². The molecule has 0 saturated carbocycles. The molecule has 1 aliphatic rings. The number of thioether (sulfide) groups is 1. The maximum absolute atomic E-state index is 11.4. The molecule has 0 saturated heterocycles. The summed E-state index contributed by atoms with van der Waals surface area (Å²) in [4.78, 5) is 5.30. The number of thiazole rings is 1. The molecule has 0 bridgehead atoms. The Hall–Kier alpha value is -2.56. The number of rotatable bonds is 11. The highest BCUT2D eigenvalue weighted by atomic mass is 32.2. The minimum absolute atomic E-state index is 0.171. The van der Waals surface area contributed by atoms with Crippen molar-refractivity contribution >= 4 is 88.0 Å². The van der Waals surface area contributed by atoms with Crippen molar-refractivity contribution in [2.75, 3.05) is 23.0 Å². The van der Waals surface area contributed by atoms with Crippen LogP contribution in [0.5, 0.6) is 0 Å². The molecule has 0 aliphatic carbocycles. The first-order valence-electron chi connectivity index (χ1n) is 13.3. The van der Waals surface area contributed by atoms with Gasteiger partial charge in [-0.25, -0.2) is 16.8 Å². The summed E-state index contributed by atoms with van der Waals surface area (Å²) in [5.41, 5.74) is 3.98. The number of anilines is 1. The molecule has 0 fully saturated rings. The van der Waals surface area contributed by atoms with Crippen LogP contribution in [0.1, 0.15) is 17.8 Å². The molecule has 43 heavy (non-hydrogen) atoms. The Morgan fingerprint density at radius 2 is 1.47 bits per heavy atom. The van der Waals surface area contributed by atoms with E-state index >= 15 is 0 Å². The Morgan fingerprint density at radius 1 is 0.814 bits per heavy atom. The zero-order chi connectivity index (χ0) is 30.2. The second-order valence-corrected chi connectivity index (χ2v) is 16.9. The molecule has 0 atom stereocenters. The van der Waals surface area contributed by atoms with Gasteiger partial charge in [0.25, 0.3) is 5.01 Å². The van der Waals surface area contributed by atoms with Gasteiger partial charge in [0, 0.05) is 45.2 Å². The molecule has 1 aliphatic heterocycles. The lowest BCUT2D eigenvalue weighted by Gasteiger charge is -2.21. The van der Waals surface area contributed by atoms with Gasteiger partial charge >= 0.3 is 0 Å². The van der Waals surface area contributed by atoms with Crippen molar-refractivity contribution in [2.45, 2.75) is 24.3 Å². The maximum Gasteiger partial charge on any atom is 0.265 e. The van der Waals surface area contributed by atoms with Crippen molar-refractivity contribution in [3.05, 3.63) is 81.5 Å². The average molecular weight is 690 g/mol. The Morgan fingerprint density at radius 3 is 2.12 bits per heavy atom. The number of hydrogen-bond donors (Lipinski definition) is 0. The Kier molecular flexibility index (Phi) is 8.82. The van der Waals surface area contributed by atoms with E-state index < -0.39 is 31.7 Å². The van der Waals surface area contributed by atoms with Gasteiger partial charge in [-0.05, 0) is 58.6 Å². The fraction of sp³-hybridized carbons (Fsp3) is 0.207. The lowest BCUT2D eigenvalue weighted by Crippen LogP contribution is -2.36. The highest BCUT2D eigenvalue weighted by Crippen LogP contribution is 2.48. The Bertz CT molecular complexity index is 2010. The minimum Gasteiger partial charge on any atom is -0.748 e. The van der Waals surface area contributed by atoms with Crippen LogP contribution in [0.15, 0.2) is 81.3 Å². The van der Waals surface area contributed by atoms with Crippen molar-refractivity contribution in [1.29, 1.82) is 0 Å². The van der Waals surface area contributed by atoms with E-state index in [0.717, 1.165) is 51.7 Å². The first-order valence-corrected chi connectivity index (χ1v) is 19.8. The van der Waals surface area contributed by atoms with Crippen LogP contribution in [0.25, 0.3) is 37.2 Å². The van der Waals surface area contributed by atoms with Gasteiger partial charge in [-0.2, -0.15) is 4.57 Å². The number of fused-ring (bicyclic) bond motifs is 2. The van der Waals surface area contributed by atoms with Crippen LogP contribution in [-0.2, 0) is 26.8 Å². The van der Waals surface area contributed by atoms with Crippen LogP contribution in [0.2, 0.25) is 0 Å². The van der Waals surface area contributed by atoms with Crippen molar-refractivity contribution < 1.29 is 30.5 Å². The van der Waals surface area contributed by atoms with Gasteiger partial charge in [0.2, 0.25) is 5.52 Å². The molecule has 0 N–H and O–H groups in total. The van der Waals surface area contributed by atoms with Crippen molar-refractivity contribution in [2.24, 2.45) is 0 Å². The lowest BCUT2D eigenvalue weighted by atomic mass is 10.1. The molecule has 8 nitrogen and oxygen atoms in total. The normalized spacial score (nSPS) is 14.7. The topological polar surface area (TPSA) is 122 Å². The lowest BCUT2D eigenvalue weighted by molar-refractivity contribution is -0.668. The first-order chi connectivity index (χ1) is 20.5. The monoisotopic (exact) mass is 689 g/mol. The molecule has 2 aromatic carbocycles. The zero-order valence-corrected chi connectivity index (χ0v) is 27.4. The summed E-state index contributed by atoms with van der Waals surface area (Å²) in [5, 5.41) is 5.78. The molecule has 4 heterocycles. The van der Waals surface area contributed by atoms with Crippen LogP contribution in [0.3, 0.4) is 0 Å². The van der Waals surface area contributed by atoms with E-state index in [1.807, 2.05) is 41.1 Å². The van der Waals surface area contributed by atoms with Crippen molar-refractivity contribution in [1.82, 2.24) is 0 Å². The molecule has 0 unspecified atom stereocenters. The van der Waals surface area contributed by atoms with Gasteiger partial charge in [-0.3, -0.25) is 0 Å². The number of hydrogen-bond acceptors (Lipinski definition) is 11. The third kappa shape index (κ3) is 7.23. The predicted octanol–water partition coefficient (Wildman–Crippen LogP) is 6.43. The Balaban J connectivity index is 1.42. The summed E-state index contributed by atoms with van der Waals surface area (Å²) in [6, 6.07) is 20.5. The standard InChI is InChI=1S/C29H26N2O6S6/c32-42(33,34)15-3-11-30-22-17-20(24-5-1-13-38-24)7-9-26(22)40-28(30)19-29-31(12-4-16-43(35,36)37)23-18-21(8-10-27(23)41-29)25-6-2-14-39-25/h1-2,5-10,13-14,17-19H,3-4,11-12,15-16H2,(H-,32,33,34,35,36,37)/p-1. The van der Waals surface area contributed by atoms with E-state index in [1.165, 1.54) is 0 Å². The predicted molar refractivity (Wildman–Crippen MR) is 175 cm³/mol. The van der Waals surface area contributed by atoms with E-state index in [9.17, 15) is 25.9 Å². The molecule has 0 radical (unpaired) electrons. The number of aryl methyl sites for hydroxylation is 1. The molecule has 3 aromatic heterocycles. The summed E-state index contributed by atoms with van der Waals surface area (Å²) < 4.78 is 71.5. The molecule has 14 heteroatoms. The zero-order valence-electron chi connectivity index (χ0n) is 22.5. The first kappa shape index (κ1) is 30.5. The molecule has 224 valence electrons. The van der Waals surface area contributed by atoms with Gasteiger partial charge in [0.1, 0.15) is 4.70 Å². The number of nitrogens with zero attached hydrogens (tertiary/aromatic N) is 2. The van der Waals surface area contributed by atoms with Crippen LogP contribution < -0.4 is 9.47 Å². The van der Waals surface area contributed by atoms with Gasteiger partial charge in [-0.15, -0.1) is 22.7 Å². The SMILES string of the molecule is O=S(=O)([O-])CCCN1/C(=C/c2sc3ccc(-c4cccs4)cc3[n+]2CCCS(=O)(=O)[O-])Sc2ccc(-c3cccs3)cc21. The largest absolute Gasteiger partial charge is 0.748 e. The van der Waals surface area contributed by atoms with E-state index in [2.05, 4.69) is 45.9 Å². The molecule has 0 spiro atoms. The van der Waals surface area contributed by atoms with Crippen LogP contribution in [-0.4, -0.2) is 44.0 Å². The third-order valence-corrected chi connectivity index (χ3v) is 12.5. The molecule has 6 rings (SSSR count). The Labute approximate surface area is 266 Å². The van der Waals surface area contributed by atoms with Gasteiger partial charge in [0.15, 0.2) is 6.54 Å². The fourth-order valence-corrected chi connectivity index (χ4v) is 9.67. The number of benzene rings is 2. The third-order valence-electron chi connectivity index (χ3n) is 6.87. The van der Waals surface area contributed by atoms with Crippen molar-refractivity contribution in [3.63, 3.8) is 0 Å². The fourth-order valence-electron chi connectivity index (χ4n) is 4.97. The van der Waals surface area contributed by atoms with E-state index in [1.54, 1.807) is 45.8 Å². The smallest absolute Gasteiger partial charge is 0.265 e. The summed E-state index contributed by atoms with van der Waals surface area (Å²) in [6.07, 6.45) is 2.37. The molecule has 5 aromatic rings. The number of aromatic nitrogens is 1. The summed E-state index contributed by atoms with van der Waals surface area (Å²) >= 11 is 6.39. The quantitative estimate of drug-likeness (QED) is 0.115. The average Bonchev–Trinajstić information content (AvgIpc) is 3.75. The highest BCUT2D eigenvalue weighted by molar-refractivity contribution is 8.04. The van der Waals surface area contributed by atoms with Crippen LogP contribution >= 0.6 is 45.8 Å². The second kappa shape index (κ2) is 12.4. The second-order valence-electron chi connectivity index (χ2n) is 9.88. The minimum atomic E-state index is -4.36. The summed E-state index contributed by atoms with van der Waals surface area (Å²) in [6.45, 7) is 0.673. The molecular weight excluding hydrogens is 665 g/mol. The van der Waals surface area contributed by atoms with Crippen LogP contribution in [0, 0.1) is 0 Å². The maximum atomic E-state index is 11.4. The van der Waals surface area contributed by atoms with Gasteiger partial charge in [0.05, 0.1) is 37.0 Å². The van der Waals surface area contributed by atoms with Gasteiger partial charge < -0.3 is 14.0 Å². The van der Waals surface area contributed by atoms with Gasteiger partial charge in [-0.1, -0.05) is 47.4 Å². The molecule has 0 amide bonds.